The summed E-state index contributed by atoms with van der Waals surface area (Å²) in [4.78, 5) is 28.7. The molecule has 0 aliphatic rings. The van der Waals surface area contributed by atoms with Gasteiger partial charge in [0.1, 0.15) is 11.5 Å². The van der Waals surface area contributed by atoms with Crippen LogP contribution in [0.2, 0.25) is 0 Å². The summed E-state index contributed by atoms with van der Waals surface area (Å²) in [5.41, 5.74) is 5.46. The molecule has 9 heteroatoms. The van der Waals surface area contributed by atoms with Gasteiger partial charge in [-0.25, -0.2) is 4.79 Å². The van der Waals surface area contributed by atoms with Crippen LogP contribution in [0.4, 0.5) is 11.5 Å². The van der Waals surface area contributed by atoms with E-state index in [4.69, 9.17) is 10.2 Å². The molecule has 0 radical (unpaired) electrons. The molecule has 0 saturated heterocycles. The monoisotopic (exact) mass is 350 g/mol. The van der Waals surface area contributed by atoms with Crippen molar-refractivity contribution < 1.29 is 4.42 Å². The molecule has 25 heavy (non-hydrogen) atoms. The lowest BCUT2D eigenvalue weighted by atomic mass is 10.2. The third-order valence-electron chi connectivity index (χ3n) is 3.75. The van der Waals surface area contributed by atoms with Gasteiger partial charge in [-0.15, -0.1) is 10.2 Å². The van der Waals surface area contributed by atoms with E-state index in [0.29, 0.717) is 24.9 Å². The SMILES string of the molecule is CCCCn1c(N)c(N(Cc2nnc(C)o2)CC(C)C)c(=O)[nH]c1=O. The molecule has 0 fully saturated rings. The molecule has 2 heterocycles. The summed E-state index contributed by atoms with van der Waals surface area (Å²) < 4.78 is 6.84. The Balaban J connectivity index is 2.48. The summed E-state index contributed by atoms with van der Waals surface area (Å²) in [7, 11) is 0. The summed E-state index contributed by atoms with van der Waals surface area (Å²) in [6.07, 6.45) is 1.71. The quantitative estimate of drug-likeness (QED) is 0.735. The Hall–Kier alpha value is -2.58. The molecule has 0 aliphatic heterocycles. The second-order valence-corrected chi connectivity index (χ2v) is 6.49. The second-order valence-electron chi connectivity index (χ2n) is 6.49. The third kappa shape index (κ3) is 4.49. The number of nitrogens with zero attached hydrogens (tertiary/aromatic N) is 4. The van der Waals surface area contributed by atoms with Crippen molar-refractivity contribution in [2.24, 2.45) is 5.92 Å². The minimum absolute atomic E-state index is 0.166. The van der Waals surface area contributed by atoms with E-state index in [1.807, 2.05) is 20.8 Å². The van der Waals surface area contributed by atoms with Crippen LogP contribution in [0, 0.1) is 12.8 Å². The number of H-pyrrole nitrogens is 1. The number of nitrogen functional groups attached to an aromatic ring is 1. The molecular formula is C16H26N6O3. The van der Waals surface area contributed by atoms with Crippen LogP contribution in [0.5, 0.6) is 0 Å². The van der Waals surface area contributed by atoms with Crippen molar-refractivity contribution in [1.82, 2.24) is 19.7 Å². The molecule has 2 rings (SSSR count). The van der Waals surface area contributed by atoms with Crippen LogP contribution in [0.25, 0.3) is 0 Å². The van der Waals surface area contributed by atoms with Gasteiger partial charge in [0.25, 0.3) is 5.56 Å². The van der Waals surface area contributed by atoms with E-state index in [2.05, 4.69) is 15.2 Å². The van der Waals surface area contributed by atoms with Crippen LogP contribution >= 0.6 is 0 Å². The second kappa shape index (κ2) is 8.00. The minimum Gasteiger partial charge on any atom is -0.424 e. The first-order valence-electron chi connectivity index (χ1n) is 8.50. The van der Waals surface area contributed by atoms with Crippen LogP contribution in [0.1, 0.15) is 45.4 Å². The van der Waals surface area contributed by atoms with Crippen molar-refractivity contribution in [1.29, 1.82) is 0 Å². The van der Waals surface area contributed by atoms with Crippen LogP contribution in [0.15, 0.2) is 14.0 Å². The molecule has 138 valence electrons. The standard InChI is InChI=1S/C16H26N6O3/c1-5-6-7-22-14(17)13(15(23)18-16(22)24)21(8-10(2)3)9-12-20-19-11(4)25-12/h10H,5-9,17H2,1-4H3,(H,18,23,24). The summed E-state index contributed by atoms with van der Waals surface area (Å²) in [6.45, 7) is 9.05. The van der Waals surface area contributed by atoms with Crippen molar-refractivity contribution in [2.45, 2.75) is 53.6 Å². The number of hydrogen-bond donors (Lipinski definition) is 2. The fourth-order valence-corrected chi connectivity index (χ4v) is 2.66. The number of rotatable bonds is 8. The zero-order chi connectivity index (χ0) is 18.6. The Morgan fingerprint density at radius 3 is 2.60 bits per heavy atom. The van der Waals surface area contributed by atoms with Crippen LogP contribution in [-0.4, -0.2) is 26.3 Å². The van der Waals surface area contributed by atoms with E-state index >= 15 is 0 Å². The number of aryl methyl sites for hydroxylation is 1. The van der Waals surface area contributed by atoms with Crippen LogP contribution in [-0.2, 0) is 13.1 Å². The maximum absolute atomic E-state index is 12.4. The topological polar surface area (TPSA) is 123 Å². The highest BCUT2D eigenvalue weighted by Gasteiger charge is 2.21. The van der Waals surface area contributed by atoms with Gasteiger partial charge in [-0.2, -0.15) is 0 Å². The van der Waals surface area contributed by atoms with Gasteiger partial charge in [0.05, 0.1) is 6.54 Å². The van der Waals surface area contributed by atoms with E-state index in [-0.39, 0.29) is 24.0 Å². The molecule has 3 N–H and O–H groups in total. The molecule has 0 saturated carbocycles. The van der Waals surface area contributed by atoms with Crippen molar-refractivity contribution >= 4 is 11.5 Å². The van der Waals surface area contributed by atoms with Crippen molar-refractivity contribution in [3.8, 4) is 0 Å². The lowest BCUT2D eigenvalue weighted by molar-refractivity contribution is 0.455. The number of anilines is 2. The Morgan fingerprint density at radius 2 is 2.04 bits per heavy atom. The van der Waals surface area contributed by atoms with E-state index in [1.165, 1.54) is 4.57 Å². The van der Waals surface area contributed by atoms with E-state index in [9.17, 15) is 9.59 Å². The molecule has 9 nitrogen and oxygen atoms in total. The normalized spacial score (nSPS) is 11.2. The van der Waals surface area contributed by atoms with E-state index in [1.54, 1.807) is 11.8 Å². The first-order chi connectivity index (χ1) is 11.8. The van der Waals surface area contributed by atoms with Gasteiger partial charge in [0, 0.05) is 20.0 Å². The Kier molecular flexibility index (Phi) is 6.00. The summed E-state index contributed by atoms with van der Waals surface area (Å²) in [5, 5.41) is 7.80. The zero-order valence-electron chi connectivity index (χ0n) is 15.2. The van der Waals surface area contributed by atoms with Gasteiger partial charge in [0.15, 0.2) is 0 Å². The molecule has 0 amide bonds. The molecule has 2 aromatic rings. The molecule has 0 spiro atoms. The molecule has 0 aromatic carbocycles. The van der Waals surface area contributed by atoms with Crippen molar-refractivity contribution in [3.63, 3.8) is 0 Å². The minimum atomic E-state index is -0.507. The maximum Gasteiger partial charge on any atom is 0.330 e. The molecule has 0 aliphatic carbocycles. The van der Waals surface area contributed by atoms with Gasteiger partial charge in [-0.1, -0.05) is 27.2 Å². The molecule has 0 bridgehead atoms. The highest BCUT2D eigenvalue weighted by atomic mass is 16.4. The maximum atomic E-state index is 12.4. The van der Waals surface area contributed by atoms with Crippen LogP contribution in [0.3, 0.4) is 0 Å². The summed E-state index contributed by atoms with van der Waals surface area (Å²) >= 11 is 0. The van der Waals surface area contributed by atoms with Gasteiger partial charge in [-0.3, -0.25) is 14.3 Å². The first-order valence-corrected chi connectivity index (χ1v) is 8.50. The summed E-state index contributed by atoms with van der Waals surface area (Å²) in [5.74, 6) is 1.27. The lowest BCUT2D eigenvalue weighted by Crippen LogP contribution is -2.39. The number of hydrogen-bond acceptors (Lipinski definition) is 7. The number of aromatic nitrogens is 4. The fraction of sp³-hybridized carbons (Fsp3) is 0.625. The van der Waals surface area contributed by atoms with Crippen molar-refractivity contribution in [2.75, 3.05) is 17.2 Å². The highest BCUT2D eigenvalue weighted by Crippen LogP contribution is 2.20. The van der Waals surface area contributed by atoms with Gasteiger partial charge >= 0.3 is 5.69 Å². The predicted molar refractivity (Wildman–Crippen MR) is 95.6 cm³/mol. The smallest absolute Gasteiger partial charge is 0.330 e. The average Bonchev–Trinajstić information content (AvgIpc) is 2.91. The lowest BCUT2D eigenvalue weighted by Gasteiger charge is -2.26. The molecule has 0 atom stereocenters. The van der Waals surface area contributed by atoms with Gasteiger partial charge in [-0.05, 0) is 12.3 Å². The van der Waals surface area contributed by atoms with Crippen molar-refractivity contribution in [3.05, 3.63) is 32.6 Å². The predicted octanol–water partition coefficient (Wildman–Crippen LogP) is 1.27. The number of nitrogens with one attached hydrogen (secondary N) is 1. The average molecular weight is 350 g/mol. The Morgan fingerprint density at radius 1 is 1.32 bits per heavy atom. The molecule has 0 unspecified atom stereocenters. The fourth-order valence-electron chi connectivity index (χ4n) is 2.66. The number of unbranched alkanes of at least 4 members (excludes halogenated alkanes) is 1. The van der Waals surface area contributed by atoms with Gasteiger partial charge < -0.3 is 15.1 Å². The Labute approximate surface area is 145 Å². The number of nitrogens with two attached hydrogens (primary N) is 1. The van der Waals surface area contributed by atoms with Crippen LogP contribution < -0.4 is 21.9 Å². The third-order valence-corrected chi connectivity index (χ3v) is 3.75. The highest BCUT2D eigenvalue weighted by molar-refractivity contribution is 5.62. The van der Waals surface area contributed by atoms with E-state index < -0.39 is 11.2 Å². The van der Waals surface area contributed by atoms with Gasteiger partial charge in [0.2, 0.25) is 11.8 Å². The Bertz CT molecular complexity index is 820. The van der Waals surface area contributed by atoms with E-state index in [0.717, 1.165) is 12.8 Å². The summed E-state index contributed by atoms with van der Waals surface area (Å²) in [6, 6.07) is 0. The zero-order valence-corrected chi connectivity index (χ0v) is 15.2. The number of aromatic amines is 1. The first kappa shape index (κ1) is 18.8. The molecular weight excluding hydrogens is 324 g/mol. The largest absolute Gasteiger partial charge is 0.424 e. The molecule has 2 aromatic heterocycles.